The molecule has 0 bridgehead atoms. The van der Waals surface area contributed by atoms with Crippen molar-refractivity contribution < 1.29 is 9.90 Å². The molecule has 0 amide bonds. The smallest absolute Gasteiger partial charge is 0.171 e. The lowest BCUT2D eigenvalue weighted by atomic mass is 9.91. The third-order valence-corrected chi connectivity index (χ3v) is 7.57. The van der Waals surface area contributed by atoms with Crippen LogP contribution in [0.4, 0.5) is 5.69 Å². The van der Waals surface area contributed by atoms with Gasteiger partial charge in [-0.05, 0) is 54.2 Å². The van der Waals surface area contributed by atoms with Gasteiger partial charge in [0, 0.05) is 17.0 Å². The van der Waals surface area contributed by atoms with E-state index in [9.17, 15) is 9.90 Å². The van der Waals surface area contributed by atoms with Crippen molar-refractivity contribution in [2.24, 2.45) is 5.92 Å². The zero-order chi connectivity index (χ0) is 28.5. The van der Waals surface area contributed by atoms with E-state index in [4.69, 9.17) is 5.73 Å². The van der Waals surface area contributed by atoms with Crippen molar-refractivity contribution in [1.29, 1.82) is 0 Å². The molecule has 2 aromatic carbocycles. The van der Waals surface area contributed by atoms with Crippen molar-refractivity contribution in [2.75, 3.05) is 5.73 Å². The fourth-order valence-corrected chi connectivity index (χ4v) is 5.25. The van der Waals surface area contributed by atoms with Gasteiger partial charge >= 0.3 is 0 Å². The van der Waals surface area contributed by atoms with Crippen LogP contribution in [0.25, 0.3) is 15.7 Å². The highest BCUT2D eigenvalue weighted by atomic mass is 32.1. The minimum Gasteiger partial charge on any atom is -0.508 e. The average Bonchev–Trinajstić information content (AvgIpc) is 3.28. The first-order valence-corrected chi connectivity index (χ1v) is 14.0. The molecule has 3 nitrogen and oxygen atoms in total. The summed E-state index contributed by atoms with van der Waals surface area (Å²) >= 11 is 1.46. The van der Waals surface area contributed by atoms with E-state index < -0.39 is 0 Å². The largest absolute Gasteiger partial charge is 0.508 e. The molecule has 1 aliphatic carbocycles. The second-order valence-electron chi connectivity index (χ2n) is 9.20. The van der Waals surface area contributed by atoms with Crippen molar-refractivity contribution in [3.63, 3.8) is 0 Å². The number of Topliss-reactive ketones (excluding diaryl/α,β-unsaturated/α-hetero) is 1. The Morgan fingerprint density at radius 3 is 2.32 bits per heavy atom. The van der Waals surface area contributed by atoms with E-state index in [0.29, 0.717) is 16.3 Å². The maximum atomic E-state index is 11.2. The molecule has 0 atom stereocenters. The molecule has 0 aliphatic heterocycles. The van der Waals surface area contributed by atoms with Gasteiger partial charge in [-0.1, -0.05) is 101 Å². The van der Waals surface area contributed by atoms with Gasteiger partial charge in [0.25, 0.3) is 0 Å². The van der Waals surface area contributed by atoms with E-state index in [1.165, 1.54) is 43.4 Å². The molecule has 3 aromatic rings. The molecule has 4 heteroatoms. The Labute approximate surface area is 233 Å². The molecule has 0 saturated heterocycles. The number of carbonyl (C=O) groups is 1. The average molecular weight is 530 g/mol. The number of fused-ring (bicyclic) bond motifs is 1. The first-order valence-electron chi connectivity index (χ1n) is 13.2. The number of thiophene rings is 1. The highest BCUT2D eigenvalue weighted by Crippen LogP contribution is 2.33. The lowest BCUT2D eigenvalue weighted by molar-refractivity contribution is 0.102. The van der Waals surface area contributed by atoms with Gasteiger partial charge in [0.2, 0.25) is 0 Å². The summed E-state index contributed by atoms with van der Waals surface area (Å²) < 4.78 is 1.07. The molecule has 4 rings (SSSR count). The number of benzene rings is 2. The Balaban J connectivity index is 0.000000293. The summed E-state index contributed by atoms with van der Waals surface area (Å²) in [5.41, 5.74) is 9.63. The van der Waals surface area contributed by atoms with Crippen molar-refractivity contribution in [1.82, 2.24) is 0 Å². The highest BCUT2D eigenvalue weighted by Gasteiger charge is 2.11. The summed E-state index contributed by atoms with van der Waals surface area (Å²) in [5.74, 6) is 1.44. The number of aryl methyl sites for hydroxylation is 1. The van der Waals surface area contributed by atoms with Gasteiger partial charge in [-0.3, -0.25) is 4.79 Å². The van der Waals surface area contributed by atoms with Crippen LogP contribution in [0.15, 0.2) is 73.3 Å². The number of terminal acetylenes is 1. The molecule has 0 unspecified atom stereocenters. The SMILES string of the molecule is C#C.C=C/C=C(\C=C/C)c1ccc(O)c(CC)c1.CC(=O)c1sc2ccccc2c1N.CC1CCCCC1. The van der Waals surface area contributed by atoms with E-state index in [1.54, 1.807) is 19.1 Å². The predicted molar refractivity (Wildman–Crippen MR) is 169 cm³/mol. The van der Waals surface area contributed by atoms with E-state index in [-0.39, 0.29) is 5.78 Å². The second-order valence-corrected chi connectivity index (χ2v) is 10.2. The molecule has 1 heterocycles. The quantitative estimate of drug-likeness (QED) is 0.196. The van der Waals surface area contributed by atoms with Crippen molar-refractivity contribution in [3.05, 3.63) is 89.4 Å². The van der Waals surface area contributed by atoms with Gasteiger partial charge < -0.3 is 10.8 Å². The Morgan fingerprint density at radius 1 is 1.16 bits per heavy atom. The number of phenols is 1. The van der Waals surface area contributed by atoms with Crippen molar-refractivity contribution in [3.8, 4) is 18.6 Å². The van der Waals surface area contributed by atoms with Crippen LogP contribution in [0.5, 0.6) is 5.75 Å². The van der Waals surface area contributed by atoms with Crippen LogP contribution in [-0.4, -0.2) is 10.9 Å². The molecule has 3 N–H and O–H groups in total. The number of carbonyl (C=O) groups excluding carboxylic acids is 1. The van der Waals surface area contributed by atoms with Crippen molar-refractivity contribution in [2.45, 2.75) is 66.2 Å². The maximum Gasteiger partial charge on any atom is 0.171 e. The molecule has 1 aliphatic rings. The van der Waals surface area contributed by atoms with Gasteiger partial charge in [-0.2, -0.15) is 0 Å². The molecule has 1 fully saturated rings. The number of ketones is 1. The molecule has 1 saturated carbocycles. The van der Waals surface area contributed by atoms with E-state index in [1.807, 2.05) is 68.5 Å². The molecule has 0 radical (unpaired) electrons. The van der Waals surface area contributed by atoms with E-state index >= 15 is 0 Å². The number of hydrogen-bond acceptors (Lipinski definition) is 4. The van der Waals surface area contributed by atoms with Gasteiger partial charge in [-0.25, -0.2) is 0 Å². The third-order valence-electron chi connectivity index (χ3n) is 6.28. The van der Waals surface area contributed by atoms with Gasteiger partial charge in [0.1, 0.15) is 5.75 Å². The minimum absolute atomic E-state index is 0.0405. The number of phenolic OH excluding ortho intramolecular Hbond substituents is 1. The third kappa shape index (κ3) is 10.1. The monoisotopic (exact) mass is 529 g/mol. The molecular weight excluding hydrogens is 486 g/mol. The van der Waals surface area contributed by atoms with Crippen LogP contribution in [0, 0.1) is 18.8 Å². The Bertz CT molecular complexity index is 1240. The van der Waals surface area contributed by atoms with Crippen LogP contribution in [0.3, 0.4) is 0 Å². The van der Waals surface area contributed by atoms with Crippen LogP contribution in [0.2, 0.25) is 0 Å². The summed E-state index contributed by atoms with van der Waals surface area (Å²) in [4.78, 5) is 11.8. The number of hydrogen-bond donors (Lipinski definition) is 2. The fraction of sp³-hybridized carbons (Fsp3) is 0.324. The molecule has 38 heavy (non-hydrogen) atoms. The van der Waals surface area contributed by atoms with Crippen LogP contribution in [-0.2, 0) is 6.42 Å². The molecule has 202 valence electrons. The van der Waals surface area contributed by atoms with E-state index in [0.717, 1.165) is 39.1 Å². The first kappa shape index (κ1) is 32.5. The van der Waals surface area contributed by atoms with Crippen LogP contribution >= 0.6 is 11.3 Å². The van der Waals surface area contributed by atoms with E-state index in [2.05, 4.69) is 26.3 Å². The number of nitrogens with two attached hydrogens (primary N) is 1. The normalized spacial score (nSPS) is 13.4. The number of allylic oxidation sites excluding steroid dienone is 5. The van der Waals surface area contributed by atoms with Gasteiger partial charge in [0.05, 0.1) is 10.6 Å². The topological polar surface area (TPSA) is 63.3 Å². The number of anilines is 1. The number of nitrogen functional groups attached to an aromatic ring is 1. The summed E-state index contributed by atoms with van der Waals surface area (Å²) in [7, 11) is 0. The van der Waals surface area contributed by atoms with Crippen LogP contribution < -0.4 is 5.73 Å². The maximum absolute atomic E-state index is 11.2. The summed E-state index contributed by atoms with van der Waals surface area (Å²) in [6, 6.07) is 13.5. The predicted octanol–water partition coefficient (Wildman–Crippen LogP) is 9.62. The Kier molecular flexibility index (Phi) is 15.2. The number of aromatic hydroxyl groups is 1. The lowest BCUT2D eigenvalue weighted by Crippen LogP contribution is -1.99. The molecular formula is C34H43NO2S. The highest BCUT2D eigenvalue weighted by molar-refractivity contribution is 7.21. The molecule has 1 aromatic heterocycles. The standard InChI is InChI=1S/C15H18O.C10H9NOS.C7H14.C2H2/c1-4-7-13(8-5-2)14-9-10-15(16)12(6-3)11-14;1-6(12)10-9(11)7-4-2-3-5-8(7)13-10;1-7-5-3-2-4-6-7;1-2/h4-5,7-11,16H,1,6H2,2-3H3;2-5H,11H2,1H3;7H,2-6H2,1H3;1-2H/b8-5-,13-7+;;;. The first-order chi connectivity index (χ1) is 18.3. The van der Waals surface area contributed by atoms with Crippen molar-refractivity contribution >= 4 is 38.5 Å². The van der Waals surface area contributed by atoms with Gasteiger partial charge in [0.15, 0.2) is 5.78 Å². The Morgan fingerprint density at radius 2 is 1.82 bits per heavy atom. The Hall–Kier alpha value is -3.55. The van der Waals surface area contributed by atoms with Crippen LogP contribution in [0.1, 0.15) is 80.6 Å². The summed E-state index contributed by atoms with van der Waals surface area (Å²) in [6.45, 7) is 11.6. The zero-order valence-electron chi connectivity index (χ0n) is 23.4. The summed E-state index contributed by atoms with van der Waals surface area (Å²) in [5, 5.41) is 10.6. The number of rotatable bonds is 5. The lowest BCUT2D eigenvalue weighted by Gasteiger charge is -2.15. The summed E-state index contributed by atoms with van der Waals surface area (Å²) in [6.07, 6.45) is 24.0. The minimum atomic E-state index is 0.0405. The fourth-order valence-electron chi connectivity index (χ4n) is 4.24. The second kappa shape index (κ2) is 17.8. The molecule has 0 spiro atoms. The zero-order valence-corrected chi connectivity index (χ0v) is 24.2. The van der Waals surface area contributed by atoms with Gasteiger partial charge in [-0.15, -0.1) is 24.2 Å².